The summed E-state index contributed by atoms with van der Waals surface area (Å²) in [4.78, 5) is 23.6. The Morgan fingerprint density at radius 3 is 2.81 bits per heavy atom. The van der Waals surface area contributed by atoms with Crippen LogP contribution in [-0.4, -0.2) is 61.1 Å². The largest absolute Gasteiger partial charge is 0.493 e. The highest BCUT2D eigenvalue weighted by atomic mass is 35.5. The highest BCUT2D eigenvalue weighted by molar-refractivity contribution is 6.31. The molecule has 0 bridgehead atoms. The molecular weight excluding hydrogens is 483 g/mol. The molecule has 36 heavy (non-hydrogen) atoms. The van der Waals surface area contributed by atoms with Crippen LogP contribution in [-0.2, 0) is 16.0 Å². The van der Waals surface area contributed by atoms with E-state index in [0.717, 1.165) is 24.2 Å². The van der Waals surface area contributed by atoms with Crippen molar-refractivity contribution in [2.45, 2.75) is 6.42 Å². The first-order valence-electron chi connectivity index (χ1n) is 11.9. The summed E-state index contributed by atoms with van der Waals surface area (Å²) < 4.78 is 25.3. The van der Waals surface area contributed by atoms with E-state index in [4.69, 9.17) is 21.1 Å². The minimum absolute atomic E-state index is 0.0140. The number of benzene rings is 2. The molecule has 0 spiro atoms. The van der Waals surface area contributed by atoms with Crippen LogP contribution in [0.2, 0.25) is 5.02 Å². The third-order valence-corrected chi connectivity index (χ3v) is 6.99. The fourth-order valence-electron chi connectivity index (χ4n) is 4.65. The highest BCUT2D eigenvalue weighted by Gasteiger charge is 2.54. The molecule has 2 aliphatic rings. The van der Waals surface area contributed by atoms with Crippen LogP contribution in [0.15, 0.2) is 48.8 Å². The number of likely N-dealkylation sites (N-methyl/N-ethyl adjacent to an activating group) is 1. The number of hydrogen-bond acceptors (Lipinski definition) is 7. The second-order valence-electron chi connectivity index (χ2n) is 9.60. The van der Waals surface area contributed by atoms with Gasteiger partial charge in [0.25, 0.3) is 0 Å². The Hall–Kier alpha value is -3.07. The van der Waals surface area contributed by atoms with Crippen LogP contribution in [0.4, 0.5) is 15.9 Å². The van der Waals surface area contributed by atoms with Gasteiger partial charge < -0.3 is 19.7 Å². The maximum absolute atomic E-state index is 13.6. The molecule has 2 fully saturated rings. The van der Waals surface area contributed by atoms with Crippen LogP contribution in [0.25, 0.3) is 10.9 Å². The van der Waals surface area contributed by atoms with E-state index in [2.05, 4.69) is 15.3 Å². The lowest BCUT2D eigenvalue weighted by Crippen LogP contribution is -2.12. The number of carbonyl (C=O) groups is 1. The molecule has 7 nitrogen and oxygen atoms in total. The minimum Gasteiger partial charge on any atom is -0.493 e. The predicted molar refractivity (Wildman–Crippen MR) is 137 cm³/mol. The fourth-order valence-corrected chi connectivity index (χ4v) is 4.83. The van der Waals surface area contributed by atoms with Gasteiger partial charge in [-0.25, -0.2) is 14.4 Å². The summed E-state index contributed by atoms with van der Waals surface area (Å²) in [6.07, 6.45) is 5.10. The molecule has 1 unspecified atom stereocenters. The number of aromatic nitrogens is 2. The monoisotopic (exact) mass is 510 g/mol. The number of allylic oxidation sites excluding steroid dienone is 1. The van der Waals surface area contributed by atoms with Gasteiger partial charge in [-0.3, -0.25) is 4.79 Å². The number of carbonyl (C=O) groups excluding carboxylic acids is 1. The van der Waals surface area contributed by atoms with Gasteiger partial charge >= 0.3 is 0 Å². The summed E-state index contributed by atoms with van der Waals surface area (Å²) in [6, 6.07) is 8.14. The van der Waals surface area contributed by atoms with Gasteiger partial charge in [0.2, 0.25) is 0 Å². The van der Waals surface area contributed by atoms with E-state index in [1.165, 1.54) is 18.5 Å². The Morgan fingerprint density at radius 1 is 1.25 bits per heavy atom. The van der Waals surface area contributed by atoms with Crippen LogP contribution in [0.1, 0.15) is 5.56 Å². The molecule has 2 aromatic carbocycles. The van der Waals surface area contributed by atoms with Gasteiger partial charge in [-0.15, -0.1) is 0 Å². The van der Waals surface area contributed by atoms with Crippen LogP contribution in [0.3, 0.4) is 0 Å². The number of nitrogens with zero attached hydrogens (tertiary/aromatic N) is 3. The number of fused-ring (bicyclic) bond motifs is 2. The zero-order chi connectivity index (χ0) is 25.2. The number of anilines is 2. The molecule has 1 N–H and O–H groups in total. The van der Waals surface area contributed by atoms with E-state index < -0.39 is 5.82 Å². The summed E-state index contributed by atoms with van der Waals surface area (Å²) in [5.41, 5.74) is 2.03. The molecular formula is C27H28ClFN4O3. The average Bonchev–Trinajstić information content (AvgIpc) is 3.26. The lowest BCUT2D eigenvalue weighted by Gasteiger charge is -2.15. The second kappa shape index (κ2) is 10.5. The predicted octanol–water partition coefficient (Wildman–Crippen LogP) is 4.67. The molecule has 1 aliphatic heterocycles. The van der Waals surface area contributed by atoms with Gasteiger partial charge in [-0.2, -0.15) is 0 Å². The summed E-state index contributed by atoms with van der Waals surface area (Å²) >= 11 is 5.94. The molecule has 188 valence electrons. The number of ether oxygens (including phenoxy) is 2. The summed E-state index contributed by atoms with van der Waals surface area (Å²) in [6.45, 7) is 2.87. The molecule has 0 radical (unpaired) electrons. The van der Waals surface area contributed by atoms with Gasteiger partial charge in [0, 0.05) is 41.6 Å². The molecule has 0 amide bonds. The normalized spacial score (nSPS) is 20.8. The number of nitrogens with one attached hydrogen (secondary N) is 1. The molecule has 2 heterocycles. The highest BCUT2D eigenvalue weighted by Crippen LogP contribution is 2.50. The molecule has 9 heteroatoms. The smallest absolute Gasteiger partial charge is 0.159 e. The molecule has 3 atom stereocenters. The van der Waals surface area contributed by atoms with Crippen molar-refractivity contribution in [3.05, 3.63) is 65.2 Å². The van der Waals surface area contributed by atoms with Gasteiger partial charge in [0.1, 0.15) is 23.7 Å². The van der Waals surface area contributed by atoms with E-state index in [1.54, 1.807) is 12.1 Å². The molecule has 5 rings (SSSR count). The Morgan fingerprint density at radius 2 is 2.06 bits per heavy atom. The molecule has 1 aliphatic carbocycles. The van der Waals surface area contributed by atoms with Crippen LogP contribution >= 0.6 is 11.6 Å². The van der Waals surface area contributed by atoms with Gasteiger partial charge in [0.05, 0.1) is 30.4 Å². The third-order valence-electron chi connectivity index (χ3n) is 6.70. The topological polar surface area (TPSA) is 76.6 Å². The van der Waals surface area contributed by atoms with Crippen molar-refractivity contribution in [1.82, 2.24) is 14.9 Å². The van der Waals surface area contributed by atoms with E-state index in [9.17, 15) is 9.18 Å². The van der Waals surface area contributed by atoms with Gasteiger partial charge in [0.15, 0.2) is 5.78 Å². The van der Waals surface area contributed by atoms with Crippen molar-refractivity contribution in [2.75, 3.05) is 45.8 Å². The molecule has 1 aromatic heterocycles. The Bertz CT molecular complexity index is 1310. The number of hydrogen-bond donors (Lipinski definition) is 1. The number of ketones is 1. The molecule has 1 saturated carbocycles. The van der Waals surface area contributed by atoms with E-state index in [1.807, 2.05) is 37.2 Å². The van der Waals surface area contributed by atoms with Crippen LogP contribution in [0, 0.1) is 23.6 Å². The van der Waals surface area contributed by atoms with E-state index >= 15 is 0 Å². The van der Waals surface area contributed by atoms with Crippen molar-refractivity contribution < 1.29 is 18.7 Å². The first-order valence-corrected chi connectivity index (χ1v) is 12.3. The maximum atomic E-state index is 13.6. The van der Waals surface area contributed by atoms with Crippen molar-refractivity contribution in [2.24, 2.45) is 17.8 Å². The van der Waals surface area contributed by atoms with Crippen molar-refractivity contribution in [3.8, 4) is 5.75 Å². The second-order valence-corrected chi connectivity index (χ2v) is 10.0. The molecule has 3 aromatic rings. The summed E-state index contributed by atoms with van der Waals surface area (Å²) in [5, 5.41) is 3.93. The first-order chi connectivity index (χ1) is 17.4. The average molecular weight is 511 g/mol. The lowest BCUT2D eigenvalue weighted by molar-refractivity contribution is -0.114. The standard InChI is InChI=1S/C27H28ClFN4O3/c1-33(2)7-3-4-18(34)8-16-9-19-25(11-26(16)36-14-22-20-12-35-13-21(20)22)30-15-31-27(19)32-17-5-6-24(29)23(28)10-17/h3-6,9-11,15,20-22H,7-8,12-14H2,1-2H3,(H,30,31,32)/b4-3+/t20-,21+,22?. The van der Waals surface area contributed by atoms with E-state index in [0.29, 0.717) is 53.7 Å². The summed E-state index contributed by atoms with van der Waals surface area (Å²) in [5.74, 6) is 2.30. The van der Waals surface area contributed by atoms with Crippen LogP contribution in [0.5, 0.6) is 5.75 Å². The lowest BCUT2D eigenvalue weighted by atomic mass is 10.0. The minimum atomic E-state index is -0.494. The molecule has 1 saturated heterocycles. The zero-order valence-corrected chi connectivity index (χ0v) is 21.0. The fraction of sp³-hybridized carbons (Fsp3) is 0.370. The Kier molecular flexibility index (Phi) is 7.18. The van der Waals surface area contributed by atoms with E-state index in [-0.39, 0.29) is 17.2 Å². The first kappa shape index (κ1) is 24.6. The summed E-state index contributed by atoms with van der Waals surface area (Å²) in [7, 11) is 3.90. The van der Waals surface area contributed by atoms with Gasteiger partial charge in [-0.05, 0) is 56.3 Å². The van der Waals surface area contributed by atoms with Crippen molar-refractivity contribution >= 4 is 39.8 Å². The quantitative estimate of drug-likeness (QED) is 0.397. The Labute approximate surface area is 214 Å². The van der Waals surface area contributed by atoms with Gasteiger partial charge in [-0.1, -0.05) is 17.7 Å². The SMILES string of the molecule is CN(C)C/C=C/C(=O)Cc1cc2c(Nc3ccc(F)c(Cl)c3)ncnc2cc1OCC1[C@H]2COC[C@@H]12. The number of halogens is 2. The maximum Gasteiger partial charge on any atom is 0.159 e. The van der Waals surface area contributed by atoms with Crippen molar-refractivity contribution in [3.63, 3.8) is 0 Å². The third kappa shape index (κ3) is 5.51. The number of rotatable bonds is 10. The van der Waals surface area contributed by atoms with Crippen molar-refractivity contribution in [1.29, 1.82) is 0 Å². The van der Waals surface area contributed by atoms with Crippen LogP contribution < -0.4 is 10.1 Å². The zero-order valence-electron chi connectivity index (χ0n) is 20.2. The Balaban J connectivity index is 1.43.